The molecule has 1 aromatic heterocycles. The average Bonchev–Trinajstić information content (AvgIpc) is 2.92. The molecule has 0 aliphatic heterocycles. The van der Waals surface area contributed by atoms with Crippen LogP contribution in [0.25, 0.3) is 0 Å². The minimum atomic E-state index is -5.08. The van der Waals surface area contributed by atoms with E-state index < -0.39 is 34.9 Å². The predicted octanol–water partition coefficient (Wildman–Crippen LogP) is 2.87. The number of aromatic nitrogens is 1. The largest absolute Gasteiger partial charge is 0.424 e. The number of hydrogen-bond donors (Lipinski definition) is 3. The molecule has 0 unspecified atom stereocenters. The van der Waals surface area contributed by atoms with E-state index in [9.17, 15) is 27.5 Å². The zero-order valence-electron chi connectivity index (χ0n) is 12.3. The van der Waals surface area contributed by atoms with E-state index in [1.54, 1.807) is 0 Å². The van der Waals surface area contributed by atoms with Gasteiger partial charge >= 0.3 is 6.18 Å². The zero-order chi connectivity index (χ0) is 18.0. The zero-order valence-corrected chi connectivity index (χ0v) is 13.1. The van der Waals surface area contributed by atoms with Gasteiger partial charge in [-0.2, -0.15) is 13.2 Å². The van der Waals surface area contributed by atoms with Gasteiger partial charge in [0, 0.05) is 11.1 Å². The molecule has 5 nitrogen and oxygen atoms in total. The van der Waals surface area contributed by atoms with Gasteiger partial charge in [-0.1, -0.05) is 0 Å². The number of benzene rings is 1. The highest BCUT2D eigenvalue weighted by Crippen LogP contribution is 2.42. The maximum absolute atomic E-state index is 13.2. The Balaban J connectivity index is 2.09. The van der Waals surface area contributed by atoms with Crippen molar-refractivity contribution in [3.8, 4) is 0 Å². The molecule has 1 amide bonds. The van der Waals surface area contributed by atoms with Crippen LogP contribution in [0.15, 0.2) is 29.6 Å². The molecule has 1 atom stereocenters. The Kier molecular flexibility index (Phi) is 5.09. The van der Waals surface area contributed by atoms with E-state index in [4.69, 9.17) is 0 Å². The summed E-state index contributed by atoms with van der Waals surface area (Å²) in [5.74, 6) is -1.61. The van der Waals surface area contributed by atoms with Crippen molar-refractivity contribution in [3.63, 3.8) is 0 Å². The van der Waals surface area contributed by atoms with Crippen LogP contribution in [0.3, 0.4) is 0 Å². The third-order valence-electron chi connectivity index (χ3n) is 3.05. The van der Waals surface area contributed by atoms with E-state index in [-0.39, 0.29) is 5.69 Å². The molecule has 0 saturated heterocycles. The van der Waals surface area contributed by atoms with Crippen molar-refractivity contribution in [2.45, 2.75) is 25.1 Å². The van der Waals surface area contributed by atoms with Crippen molar-refractivity contribution in [3.05, 3.63) is 46.2 Å². The molecule has 0 saturated carbocycles. The minimum Gasteiger partial charge on any atom is -0.374 e. The summed E-state index contributed by atoms with van der Waals surface area (Å²) >= 11 is 0.618. The highest BCUT2D eigenvalue weighted by Gasteiger charge is 2.58. The van der Waals surface area contributed by atoms with E-state index in [1.165, 1.54) is 24.4 Å². The van der Waals surface area contributed by atoms with Crippen LogP contribution in [0, 0.1) is 12.7 Å². The van der Waals surface area contributed by atoms with Gasteiger partial charge in [-0.3, -0.25) is 15.6 Å². The molecular weight excluding hydrogens is 350 g/mol. The molecule has 1 heterocycles. The van der Waals surface area contributed by atoms with Crippen LogP contribution in [-0.2, 0) is 10.4 Å². The lowest BCUT2D eigenvalue weighted by Crippen LogP contribution is -2.47. The number of rotatable bonds is 5. The molecule has 2 aromatic rings. The summed E-state index contributed by atoms with van der Waals surface area (Å²) in [6.07, 6.45) is -6.35. The topological polar surface area (TPSA) is 74.2 Å². The quantitative estimate of drug-likeness (QED) is 0.564. The number of thiazole rings is 1. The maximum Gasteiger partial charge on any atom is 0.424 e. The van der Waals surface area contributed by atoms with Gasteiger partial charge in [-0.25, -0.2) is 9.37 Å². The van der Waals surface area contributed by atoms with Gasteiger partial charge in [0.2, 0.25) is 11.5 Å². The summed E-state index contributed by atoms with van der Waals surface area (Å²) in [5, 5.41) is 10.8. The first-order valence-corrected chi connectivity index (χ1v) is 7.52. The van der Waals surface area contributed by atoms with E-state index in [2.05, 4.69) is 10.4 Å². The fourth-order valence-corrected chi connectivity index (χ4v) is 2.71. The first kappa shape index (κ1) is 18.1. The fourth-order valence-electron chi connectivity index (χ4n) is 1.79. The van der Waals surface area contributed by atoms with E-state index in [0.29, 0.717) is 17.0 Å². The molecule has 0 aliphatic rings. The molecule has 2 rings (SSSR count). The molecule has 0 fully saturated rings. The molecule has 1 aromatic carbocycles. The third kappa shape index (κ3) is 4.01. The van der Waals surface area contributed by atoms with Gasteiger partial charge in [-0.05, 0) is 31.2 Å². The molecule has 0 bridgehead atoms. The summed E-state index contributed by atoms with van der Waals surface area (Å²) in [4.78, 5) is 15.4. The van der Waals surface area contributed by atoms with Crippen molar-refractivity contribution >= 4 is 22.9 Å². The first-order valence-electron chi connectivity index (χ1n) is 6.64. The molecule has 0 radical (unpaired) electrons. The number of carbonyl (C=O) groups is 1. The number of alkyl halides is 3. The lowest BCUT2D eigenvalue weighted by Gasteiger charge is -2.27. The smallest absolute Gasteiger partial charge is 0.374 e. The number of aryl methyl sites for hydroxylation is 1. The molecular formula is C14H13F4N3O2S. The number of anilines is 1. The summed E-state index contributed by atoms with van der Waals surface area (Å²) in [5.41, 5.74) is 1.56. The molecule has 10 heteroatoms. The predicted molar refractivity (Wildman–Crippen MR) is 79.6 cm³/mol. The Hall–Kier alpha value is -2.20. The Labute approximate surface area is 138 Å². The third-order valence-corrected chi connectivity index (χ3v) is 4.16. The average molecular weight is 363 g/mol. The Morgan fingerprint density at radius 2 is 1.92 bits per heavy atom. The number of nitrogens with one attached hydrogen (secondary N) is 2. The van der Waals surface area contributed by atoms with Crippen LogP contribution in [0.4, 0.5) is 23.2 Å². The lowest BCUT2D eigenvalue weighted by atomic mass is 9.99. The van der Waals surface area contributed by atoms with Crippen LogP contribution in [0.5, 0.6) is 0 Å². The SMILES string of the molecule is Cc1csc([C@@](O)(CC(=O)NNc2ccc(F)cc2)C(F)(F)F)n1. The highest BCUT2D eigenvalue weighted by atomic mass is 32.1. The second-order valence-corrected chi connectivity index (χ2v) is 5.87. The van der Waals surface area contributed by atoms with Crippen LogP contribution < -0.4 is 10.9 Å². The molecule has 130 valence electrons. The van der Waals surface area contributed by atoms with E-state index in [0.717, 1.165) is 12.1 Å². The van der Waals surface area contributed by atoms with Crippen molar-refractivity contribution in [1.82, 2.24) is 10.4 Å². The normalized spacial score (nSPS) is 14.1. The van der Waals surface area contributed by atoms with Gasteiger partial charge < -0.3 is 5.11 Å². The summed E-state index contributed by atoms with van der Waals surface area (Å²) in [7, 11) is 0. The highest BCUT2D eigenvalue weighted by molar-refractivity contribution is 7.09. The number of nitrogens with zero attached hydrogens (tertiary/aromatic N) is 1. The van der Waals surface area contributed by atoms with Gasteiger partial charge in [0.05, 0.1) is 12.1 Å². The summed E-state index contributed by atoms with van der Waals surface area (Å²) in [6, 6.07) is 4.79. The lowest BCUT2D eigenvalue weighted by molar-refractivity contribution is -0.267. The molecule has 0 spiro atoms. The second kappa shape index (κ2) is 6.73. The number of hydrogen-bond acceptors (Lipinski definition) is 5. The van der Waals surface area contributed by atoms with Crippen LogP contribution in [0.2, 0.25) is 0 Å². The second-order valence-electron chi connectivity index (χ2n) is 5.01. The first-order chi connectivity index (χ1) is 11.1. The number of carbonyl (C=O) groups excluding carboxylic acids is 1. The van der Waals surface area contributed by atoms with E-state index >= 15 is 0 Å². The Morgan fingerprint density at radius 1 is 1.29 bits per heavy atom. The van der Waals surface area contributed by atoms with Gasteiger partial charge in [0.25, 0.3) is 0 Å². The van der Waals surface area contributed by atoms with Crippen molar-refractivity contribution in [1.29, 1.82) is 0 Å². The number of hydrazine groups is 1. The van der Waals surface area contributed by atoms with Gasteiger partial charge in [0.1, 0.15) is 10.8 Å². The molecule has 3 N–H and O–H groups in total. The van der Waals surface area contributed by atoms with Crippen LogP contribution >= 0.6 is 11.3 Å². The number of aliphatic hydroxyl groups is 1. The van der Waals surface area contributed by atoms with E-state index in [1.807, 2.05) is 5.43 Å². The number of halogens is 4. The monoisotopic (exact) mass is 363 g/mol. The Morgan fingerprint density at radius 3 is 2.42 bits per heavy atom. The summed E-state index contributed by atoms with van der Waals surface area (Å²) in [6.45, 7) is 1.48. The summed E-state index contributed by atoms with van der Waals surface area (Å²) < 4.78 is 52.5. The van der Waals surface area contributed by atoms with Crippen molar-refractivity contribution < 1.29 is 27.5 Å². The number of amides is 1. The van der Waals surface area contributed by atoms with Crippen LogP contribution in [-0.4, -0.2) is 22.2 Å². The van der Waals surface area contributed by atoms with Crippen LogP contribution in [0.1, 0.15) is 17.1 Å². The molecule has 0 aliphatic carbocycles. The van der Waals surface area contributed by atoms with Gasteiger partial charge in [-0.15, -0.1) is 11.3 Å². The van der Waals surface area contributed by atoms with Crippen molar-refractivity contribution in [2.75, 3.05) is 5.43 Å². The minimum absolute atomic E-state index is 0.269. The fraction of sp³-hybridized carbons (Fsp3) is 0.286. The van der Waals surface area contributed by atoms with Crippen molar-refractivity contribution in [2.24, 2.45) is 0 Å². The molecule has 24 heavy (non-hydrogen) atoms. The van der Waals surface area contributed by atoms with Gasteiger partial charge in [0.15, 0.2) is 0 Å². The standard InChI is InChI=1S/C14H13F4N3O2S/c1-8-7-24-12(19-8)13(23,14(16,17)18)6-11(22)21-20-10-4-2-9(15)3-5-10/h2-5,7,20,23H,6H2,1H3,(H,21,22)/t13-/m0/s1. The Bertz CT molecular complexity index is 718. The maximum atomic E-state index is 13.2.